The number of ether oxygens (including phenoxy) is 1. The van der Waals surface area contributed by atoms with Gasteiger partial charge in [-0.05, 0) is 83.4 Å². The molecule has 0 fully saturated rings. The van der Waals surface area contributed by atoms with E-state index in [-0.39, 0.29) is 22.3 Å². The molecule has 0 aromatic heterocycles. The van der Waals surface area contributed by atoms with E-state index in [0.29, 0.717) is 34.9 Å². The van der Waals surface area contributed by atoms with Crippen LogP contribution in [0.5, 0.6) is 5.75 Å². The van der Waals surface area contributed by atoms with Crippen LogP contribution < -0.4 is 20.7 Å². The molecular weight excluding hydrogens is 598 g/mol. The summed E-state index contributed by atoms with van der Waals surface area (Å²) in [6.45, 7) is 6.83. The van der Waals surface area contributed by atoms with E-state index < -0.39 is 0 Å². The minimum atomic E-state index is -0.389. The molecule has 3 N–H and O–H groups in total. The van der Waals surface area contributed by atoms with Gasteiger partial charge in [0.05, 0.1) is 12.2 Å². The number of thiocarbonyl (C=S) groups is 1. The fourth-order valence-electron chi connectivity index (χ4n) is 4.02. The summed E-state index contributed by atoms with van der Waals surface area (Å²) in [6.07, 6.45) is 0.720. The number of rotatable bonds is 8. The second-order valence-corrected chi connectivity index (χ2v) is 11.8. The average molecular weight is 631 g/mol. The van der Waals surface area contributed by atoms with Gasteiger partial charge in [-0.2, -0.15) is 0 Å². The van der Waals surface area contributed by atoms with Crippen LogP contribution in [0, 0.1) is 0 Å². The van der Waals surface area contributed by atoms with E-state index in [2.05, 4.69) is 52.7 Å². The maximum Gasteiger partial charge on any atom is 0.261 e. The van der Waals surface area contributed by atoms with Crippen molar-refractivity contribution in [3.05, 3.63) is 124 Å². The van der Waals surface area contributed by atoms with Crippen molar-refractivity contribution < 1.29 is 14.3 Å². The molecule has 0 aliphatic rings. The van der Waals surface area contributed by atoms with Crippen LogP contribution in [-0.2, 0) is 11.8 Å². The van der Waals surface area contributed by atoms with Crippen LogP contribution in [0.3, 0.4) is 0 Å². The van der Waals surface area contributed by atoms with Gasteiger partial charge in [0.15, 0.2) is 5.11 Å². The third-order valence-electron chi connectivity index (χ3n) is 6.32. The van der Waals surface area contributed by atoms with E-state index in [1.165, 1.54) is 5.56 Å². The molecule has 0 heterocycles. The molecule has 0 radical (unpaired) electrons. The van der Waals surface area contributed by atoms with Crippen LogP contribution in [0.2, 0.25) is 0 Å². The number of benzene rings is 4. The number of anilines is 2. The van der Waals surface area contributed by atoms with Crippen LogP contribution in [0.1, 0.15) is 52.6 Å². The van der Waals surface area contributed by atoms with Crippen molar-refractivity contribution in [3.63, 3.8) is 0 Å². The van der Waals surface area contributed by atoms with E-state index in [0.717, 1.165) is 16.5 Å². The van der Waals surface area contributed by atoms with Crippen molar-refractivity contribution in [1.82, 2.24) is 5.32 Å². The fourth-order valence-corrected chi connectivity index (χ4v) is 4.60. The lowest BCUT2D eigenvalue weighted by molar-refractivity contribution is 0.0972. The van der Waals surface area contributed by atoms with Gasteiger partial charge in [0.1, 0.15) is 5.75 Å². The first-order chi connectivity index (χ1) is 19.6. The van der Waals surface area contributed by atoms with Crippen LogP contribution in [0.4, 0.5) is 11.4 Å². The molecule has 0 unspecified atom stereocenters. The number of amides is 2. The van der Waals surface area contributed by atoms with Gasteiger partial charge in [-0.3, -0.25) is 14.9 Å². The third kappa shape index (κ3) is 8.74. The van der Waals surface area contributed by atoms with E-state index in [1.54, 1.807) is 36.4 Å². The Hall–Kier alpha value is -4.01. The highest BCUT2D eigenvalue weighted by Crippen LogP contribution is 2.25. The van der Waals surface area contributed by atoms with Gasteiger partial charge in [-0.15, -0.1) is 0 Å². The highest BCUT2D eigenvalue weighted by atomic mass is 79.9. The fraction of sp³-hybridized carbons (Fsp3) is 0.182. The van der Waals surface area contributed by atoms with Crippen LogP contribution in [-0.4, -0.2) is 23.5 Å². The van der Waals surface area contributed by atoms with Crippen LogP contribution >= 0.6 is 28.1 Å². The smallest absolute Gasteiger partial charge is 0.261 e. The molecule has 0 saturated carbocycles. The molecule has 2 amide bonds. The predicted octanol–water partition coefficient (Wildman–Crippen LogP) is 7.75. The molecule has 8 heteroatoms. The Balaban J connectivity index is 1.31. The predicted molar refractivity (Wildman–Crippen MR) is 173 cm³/mol. The maximum absolute atomic E-state index is 13.1. The number of carbonyl (C=O) groups is 2. The Morgan fingerprint density at radius 1 is 0.805 bits per heavy atom. The molecule has 4 aromatic rings. The first kappa shape index (κ1) is 30.0. The maximum atomic E-state index is 13.1. The van der Waals surface area contributed by atoms with Crippen LogP contribution in [0.25, 0.3) is 0 Å². The minimum Gasteiger partial charge on any atom is -0.492 e. The van der Waals surface area contributed by atoms with Gasteiger partial charge in [-0.1, -0.05) is 79.2 Å². The molecule has 4 aromatic carbocycles. The molecule has 0 atom stereocenters. The number of hydrogen-bond acceptors (Lipinski definition) is 4. The Morgan fingerprint density at radius 3 is 2.07 bits per heavy atom. The Kier molecular flexibility index (Phi) is 9.91. The summed E-state index contributed by atoms with van der Waals surface area (Å²) in [7, 11) is 0. The third-order valence-corrected chi connectivity index (χ3v) is 7.02. The second kappa shape index (κ2) is 13.6. The molecule has 0 saturated heterocycles. The summed E-state index contributed by atoms with van der Waals surface area (Å²) in [5, 5.41) is 8.76. The normalized spacial score (nSPS) is 10.9. The Bertz CT molecular complexity index is 1520. The van der Waals surface area contributed by atoms with Crippen molar-refractivity contribution in [2.24, 2.45) is 0 Å². The van der Waals surface area contributed by atoms with Gasteiger partial charge >= 0.3 is 0 Å². The Morgan fingerprint density at radius 2 is 1.44 bits per heavy atom. The van der Waals surface area contributed by atoms with E-state index in [9.17, 15) is 9.59 Å². The first-order valence-corrected chi connectivity index (χ1v) is 14.4. The van der Waals surface area contributed by atoms with E-state index >= 15 is 0 Å². The summed E-state index contributed by atoms with van der Waals surface area (Å²) in [4.78, 5) is 25.7. The largest absolute Gasteiger partial charge is 0.492 e. The molecule has 0 aliphatic heterocycles. The highest BCUT2D eigenvalue weighted by molar-refractivity contribution is 9.10. The SMILES string of the molecule is CC(C)(C)c1ccc(C(=O)Nc2ccc(NC(=S)NC(=O)c3cc(Br)ccc3OCCc3ccccc3)cc2)cc1. The van der Waals surface area contributed by atoms with Gasteiger partial charge in [-0.25, -0.2) is 0 Å². The zero-order chi connectivity index (χ0) is 29.4. The first-order valence-electron chi connectivity index (χ1n) is 13.2. The minimum absolute atomic E-state index is 0.0222. The lowest BCUT2D eigenvalue weighted by Gasteiger charge is -2.19. The molecule has 0 spiro atoms. The quantitative estimate of drug-likeness (QED) is 0.174. The highest BCUT2D eigenvalue weighted by Gasteiger charge is 2.16. The second-order valence-electron chi connectivity index (χ2n) is 10.5. The molecule has 4 rings (SSSR count). The summed E-state index contributed by atoms with van der Waals surface area (Å²) in [5.41, 5.74) is 4.60. The molecule has 41 heavy (non-hydrogen) atoms. The summed E-state index contributed by atoms with van der Waals surface area (Å²) in [5.74, 6) is -0.109. The average Bonchev–Trinajstić information content (AvgIpc) is 2.95. The van der Waals surface area contributed by atoms with Crippen molar-refractivity contribution in [2.75, 3.05) is 17.2 Å². The molecular formula is C33H32BrN3O3S. The topological polar surface area (TPSA) is 79.5 Å². The van der Waals surface area contributed by atoms with E-state index in [1.807, 2.05) is 60.7 Å². The standard InChI is InChI=1S/C33H32BrN3O3S/c1-33(2,3)24-11-9-23(10-12-24)30(38)35-26-14-16-27(17-15-26)36-32(41)37-31(39)28-21-25(34)13-18-29(28)40-20-19-22-7-5-4-6-8-22/h4-18,21H,19-20H2,1-3H3,(H,35,38)(H2,36,37,39,41). The molecule has 210 valence electrons. The number of halogens is 1. The van der Waals surface area contributed by atoms with Crippen molar-refractivity contribution in [2.45, 2.75) is 32.6 Å². The summed E-state index contributed by atoms with van der Waals surface area (Å²) >= 11 is 8.80. The van der Waals surface area contributed by atoms with Crippen molar-refractivity contribution >= 4 is 56.4 Å². The Labute approximate surface area is 254 Å². The molecule has 6 nitrogen and oxygen atoms in total. The van der Waals surface area contributed by atoms with Crippen molar-refractivity contribution in [3.8, 4) is 5.75 Å². The zero-order valence-corrected chi connectivity index (χ0v) is 25.6. The van der Waals surface area contributed by atoms with E-state index in [4.69, 9.17) is 17.0 Å². The molecule has 0 aliphatic carbocycles. The zero-order valence-electron chi connectivity index (χ0n) is 23.2. The number of carbonyl (C=O) groups excluding carboxylic acids is 2. The van der Waals surface area contributed by atoms with Gasteiger partial charge in [0.2, 0.25) is 0 Å². The lowest BCUT2D eigenvalue weighted by Crippen LogP contribution is -2.34. The molecule has 0 bridgehead atoms. The van der Waals surface area contributed by atoms with Gasteiger partial charge < -0.3 is 15.4 Å². The summed E-state index contributed by atoms with van der Waals surface area (Å²) in [6, 6.07) is 30.0. The number of nitrogens with one attached hydrogen (secondary N) is 3. The lowest BCUT2D eigenvalue weighted by atomic mass is 9.87. The van der Waals surface area contributed by atoms with Crippen LogP contribution in [0.15, 0.2) is 102 Å². The van der Waals surface area contributed by atoms with Gasteiger partial charge in [0, 0.05) is 27.8 Å². The monoisotopic (exact) mass is 629 g/mol. The van der Waals surface area contributed by atoms with Crippen molar-refractivity contribution in [1.29, 1.82) is 0 Å². The number of hydrogen-bond donors (Lipinski definition) is 3. The van der Waals surface area contributed by atoms with Gasteiger partial charge in [0.25, 0.3) is 11.8 Å². The summed E-state index contributed by atoms with van der Waals surface area (Å²) < 4.78 is 6.68.